The molecule has 0 unspecified atom stereocenters. The molecule has 1 aliphatic rings. The van der Waals surface area contributed by atoms with Gasteiger partial charge >= 0.3 is 11.9 Å². The second-order valence-corrected chi connectivity index (χ2v) is 6.75. The molecule has 0 radical (unpaired) electrons. The summed E-state index contributed by atoms with van der Waals surface area (Å²) in [6.07, 6.45) is 0.543. The van der Waals surface area contributed by atoms with Gasteiger partial charge in [-0.1, -0.05) is 0 Å². The van der Waals surface area contributed by atoms with Gasteiger partial charge in [-0.3, -0.25) is 9.59 Å². The monoisotopic (exact) mass is 329 g/mol. The summed E-state index contributed by atoms with van der Waals surface area (Å²) in [6, 6.07) is 0.525. The Morgan fingerprint density at radius 2 is 2.24 bits per heavy atom. The first-order valence-corrected chi connectivity index (χ1v) is 8.28. The third-order valence-electron chi connectivity index (χ3n) is 3.05. The molecule has 0 fully saturated rings. The van der Waals surface area contributed by atoms with E-state index < -0.39 is 30.3 Å². The zero-order valence-corrected chi connectivity index (χ0v) is 13.0. The lowest BCUT2D eigenvalue weighted by Crippen LogP contribution is -2.42. The summed E-state index contributed by atoms with van der Waals surface area (Å²) in [5.74, 6) is -0.482. The number of aryl methyl sites for hydroxylation is 1. The van der Waals surface area contributed by atoms with Crippen LogP contribution in [0.5, 0.6) is 0 Å². The highest BCUT2D eigenvalue weighted by Gasteiger charge is 2.26. The number of fused-ring (bicyclic) bond motifs is 1. The minimum Gasteiger partial charge on any atom is -0.480 e. The average molecular weight is 329 g/mol. The van der Waals surface area contributed by atoms with Crippen molar-refractivity contribution in [2.45, 2.75) is 24.6 Å². The summed E-state index contributed by atoms with van der Waals surface area (Å²) in [5.41, 5.74) is 1.14. The topological polar surface area (TPSA) is 92.7 Å². The molecule has 1 aromatic heterocycles. The minimum atomic E-state index is -1.28. The van der Waals surface area contributed by atoms with Gasteiger partial charge < -0.3 is 15.2 Å². The Balaban J connectivity index is 2.06. The van der Waals surface area contributed by atoms with Crippen LogP contribution < -0.4 is 5.32 Å². The van der Waals surface area contributed by atoms with Crippen LogP contribution in [0, 0.1) is 0 Å². The maximum Gasteiger partial charge on any atom is 0.326 e. The molecule has 2 N–H and O–H groups in total. The first-order valence-electron chi connectivity index (χ1n) is 6.31. The Morgan fingerprint density at radius 1 is 1.48 bits per heavy atom. The van der Waals surface area contributed by atoms with Crippen LogP contribution in [0.2, 0.25) is 0 Å². The molecule has 114 valence electrons. The molecule has 1 atom stereocenters. The van der Waals surface area contributed by atoms with Crippen LogP contribution in [0.1, 0.15) is 26.5 Å². The quantitative estimate of drug-likeness (QED) is 0.791. The largest absolute Gasteiger partial charge is 0.480 e. The van der Waals surface area contributed by atoms with E-state index in [9.17, 15) is 14.4 Å². The predicted molar refractivity (Wildman–Crippen MR) is 79.7 cm³/mol. The number of rotatable bonds is 5. The third-order valence-corrected chi connectivity index (χ3v) is 5.30. The van der Waals surface area contributed by atoms with Crippen molar-refractivity contribution < 1.29 is 24.2 Å². The Bertz CT molecular complexity index is 545. The number of carbonyl (C=O) groups is 3. The molecule has 6 nitrogen and oxygen atoms in total. The number of hydrogen-bond donors (Lipinski definition) is 2. The van der Waals surface area contributed by atoms with Gasteiger partial charge in [-0.2, -0.15) is 11.8 Å². The second kappa shape index (κ2) is 6.95. The molecule has 0 aromatic carbocycles. The van der Waals surface area contributed by atoms with E-state index in [1.165, 1.54) is 23.3 Å². The maximum absolute atomic E-state index is 12.1. The SMILES string of the molecule is COC(=O)C[C@H](NC(=O)c1cc2c(s1)CCSC2)C(=O)O. The van der Waals surface area contributed by atoms with E-state index >= 15 is 0 Å². The van der Waals surface area contributed by atoms with Crippen LogP contribution in [0.3, 0.4) is 0 Å². The number of aliphatic carboxylic acids is 1. The van der Waals surface area contributed by atoms with Crippen LogP contribution in [0.4, 0.5) is 0 Å². The molecule has 1 aliphatic heterocycles. The Morgan fingerprint density at radius 3 is 2.86 bits per heavy atom. The minimum absolute atomic E-state index is 0.390. The van der Waals surface area contributed by atoms with Gasteiger partial charge in [0.05, 0.1) is 18.4 Å². The van der Waals surface area contributed by atoms with Crippen LogP contribution in [-0.4, -0.2) is 41.9 Å². The van der Waals surface area contributed by atoms with Crippen molar-refractivity contribution in [3.8, 4) is 0 Å². The lowest BCUT2D eigenvalue weighted by Gasteiger charge is -2.12. The van der Waals surface area contributed by atoms with Crippen molar-refractivity contribution in [1.82, 2.24) is 5.32 Å². The number of methoxy groups -OCH3 is 1. The number of carbonyl (C=O) groups excluding carboxylic acids is 2. The summed E-state index contributed by atoms with van der Waals surface area (Å²) >= 11 is 3.20. The van der Waals surface area contributed by atoms with E-state index in [0.717, 1.165) is 23.5 Å². The number of ether oxygens (including phenoxy) is 1. The molecule has 2 heterocycles. The van der Waals surface area contributed by atoms with E-state index in [2.05, 4.69) is 10.1 Å². The molecule has 2 rings (SSSR count). The first kappa shape index (κ1) is 15.8. The van der Waals surface area contributed by atoms with Gasteiger partial charge in [0, 0.05) is 10.6 Å². The van der Waals surface area contributed by atoms with Crippen LogP contribution in [0.15, 0.2) is 6.07 Å². The zero-order chi connectivity index (χ0) is 15.4. The van der Waals surface area contributed by atoms with Crippen molar-refractivity contribution >= 4 is 40.9 Å². The standard InChI is InChI=1S/C13H15NO5S2/c1-19-11(15)5-8(13(17)18)14-12(16)10-4-7-6-20-3-2-9(7)21-10/h4,8H,2-3,5-6H2,1H3,(H,14,16)(H,17,18)/t8-/m0/s1. The van der Waals surface area contributed by atoms with Gasteiger partial charge in [-0.25, -0.2) is 4.79 Å². The molecule has 0 spiro atoms. The van der Waals surface area contributed by atoms with Gasteiger partial charge in [-0.15, -0.1) is 11.3 Å². The summed E-state index contributed by atoms with van der Waals surface area (Å²) in [7, 11) is 1.17. The van der Waals surface area contributed by atoms with Crippen molar-refractivity contribution in [3.63, 3.8) is 0 Å². The smallest absolute Gasteiger partial charge is 0.326 e. The second-order valence-electron chi connectivity index (χ2n) is 4.51. The van der Waals surface area contributed by atoms with Crippen LogP contribution in [-0.2, 0) is 26.5 Å². The average Bonchev–Trinajstić information content (AvgIpc) is 2.90. The first-order chi connectivity index (χ1) is 10.0. The molecule has 8 heteroatoms. The van der Waals surface area contributed by atoms with Crippen molar-refractivity contribution in [2.24, 2.45) is 0 Å². The molecule has 0 saturated heterocycles. The van der Waals surface area contributed by atoms with E-state index in [1.807, 2.05) is 11.8 Å². The molecular formula is C13H15NO5S2. The molecule has 1 aromatic rings. The number of carboxylic acids is 1. The van der Waals surface area contributed by atoms with Gasteiger partial charge in [0.1, 0.15) is 6.04 Å². The van der Waals surface area contributed by atoms with E-state index in [4.69, 9.17) is 5.11 Å². The maximum atomic E-state index is 12.1. The van der Waals surface area contributed by atoms with Gasteiger partial charge in [0.25, 0.3) is 5.91 Å². The lowest BCUT2D eigenvalue weighted by molar-refractivity contribution is -0.147. The molecule has 0 saturated carbocycles. The molecule has 21 heavy (non-hydrogen) atoms. The van der Waals surface area contributed by atoms with Crippen molar-refractivity contribution in [2.75, 3.05) is 12.9 Å². The number of thiophene rings is 1. The number of amides is 1. The number of nitrogens with one attached hydrogen (secondary N) is 1. The van der Waals surface area contributed by atoms with E-state index in [1.54, 1.807) is 6.07 Å². The number of thioether (sulfide) groups is 1. The molecule has 0 bridgehead atoms. The zero-order valence-electron chi connectivity index (χ0n) is 11.4. The fourth-order valence-electron chi connectivity index (χ4n) is 1.94. The summed E-state index contributed by atoms with van der Waals surface area (Å²) in [5, 5.41) is 11.4. The normalized spacial score (nSPS) is 14.9. The Labute approximate surface area is 129 Å². The van der Waals surface area contributed by atoms with Gasteiger partial charge in [0.15, 0.2) is 0 Å². The molecular weight excluding hydrogens is 314 g/mol. The fourth-order valence-corrected chi connectivity index (χ4v) is 4.21. The number of hydrogen-bond acceptors (Lipinski definition) is 6. The summed E-state index contributed by atoms with van der Waals surface area (Å²) in [4.78, 5) is 36.0. The summed E-state index contributed by atoms with van der Waals surface area (Å²) < 4.78 is 4.43. The molecule has 1 amide bonds. The third kappa shape index (κ3) is 3.98. The van der Waals surface area contributed by atoms with Crippen molar-refractivity contribution in [1.29, 1.82) is 0 Å². The van der Waals surface area contributed by atoms with Crippen molar-refractivity contribution in [3.05, 3.63) is 21.4 Å². The highest BCUT2D eigenvalue weighted by molar-refractivity contribution is 7.98. The van der Waals surface area contributed by atoms with E-state index in [0.29, 0.717) is 4.88 Å². The van der Waals surface area contributed by atoms with Gasteiger partial charge in [0.2, 0.25) is 0 Å². The predicted octanol–water partition coefficient (Wildman–Crippen LogP) is 1.28. The van der Waals surface area contributed by atoms with Crippen LogP contribution in [0.25, 0.3) is 0 Å². The van der Waals surface area contributed by atoms with Gasteiger partial charge in [-0.05, 0) is 23.8 Å². The summed E-state index contributed by atoms with van der Waals surface area (Å²) in [6.45, 7) is 0. The fraction of sp³-hybridized carbons (Fsp3) is 0.462. The lowest BCUT2D eigenvalue weighted by atomic mass is 10.2. The number of carboxylic acid groups (broad SMARTS) is 1. The number of esters is 1. The van der Waals surface area contributed by atoms with E-state index in [-0.39, 0.29) is 0 Å². The molecule has 0 aliphatic carbocycles. The highest BCUT2D eigenvalue weighted by atomic mass is 32.2. The Hall–Kier alpha value is -1.54. The van der Waals surface area contributed by atoms with Crippen LogP contribution >= 0.6 is 23.1 Å². The Kier molecular flexibility index (Phi) is 5.24. The highest BCUT2D eigenvalue weighted by Crippen LogP contribution is 2.31.